The summed E-state index contributed by atoms with van der Waals surface area (Å²) in [5.74, 6) is 0.851. The Balaban J connectivity index is 1.57. The number of hydrogen-bond donors (Lipinski definition) is 0. The summed E-state index contributed by atoms with van der Waals surface area (Å²) in [6, 6.07) is 32.4. The molecule has 0 saturated carbocycles. The highest BCUT2D eigenvalue weighted by Crippen LogP contribution is 2.37. The van der Waals surface area contributed by atoms with Crippen molar-refractivity contribution in [3.63, 3.8) is 0 Å². The summed E-state index contributed by atoms with van der Waals surface area (Å²) in [6.07, 6.45) is -3.79. The maximum Gasteiger partial charge on any atom is 0.417 e. The van der Waals surface area contributed by atoms with Gasteiger partial charge in [-0.05, 0) is 53.8 Å². The van der Waals surface area contributed by atoms with Crippen molar-refractivity contribution in [2.75, 3.05) is 19.7 Å². The fraction of sp³-hybridized carbons (Fsp3) is 0.250. The van der Waals surface area contributed by atoms with Gasteiger partial charge in [0.2, 0.25) is 0 Å². The highest BCUT2D eigenvalue weighted by Gasteiger charge is 2.34. The molecule has 4 rings (SSSR count). The van der Waals surface area contributed by atoms with Gasteiger partial charge < -0.3 is 4.74 Å². The Morgan fingerprint density at radius 3 is 2.05 bits per heavy atom. The van der Waals surface area contributed by atoms with Crippen molar-refractivity contribution in [1.82, 2.24) is 4.90 Å². The molecule has 0 bridgehead atoms. The maximum absolute atomic E-state index is 13.5. The highest BCUT2D eigenvalue weighted by atomic mass is 35.5. The molecule has 0 radical (unpaired) electrons. The molecular formula is C32H31ClF3NO. The average molecular weight is 538 g/mol. The summed E-state index contributed by atoms with van der Waals surface area (Å²) in [6.45, 7) is 4.06. The van der Waals surface area contributed by atoms with E-state index in [9.17, 15) is 13.2 Å². The first kappa shape index (κ1) is 27.7. The second-order valence-corrected chi connectivity index (χ2v) is 9.78. The van der Waals surface area contributed by atoms with Crippen molar-refractivity contribution in [3.8, 4) is 5.75 Å². The smallest absolute Gasteiger partial charge is 0.417 e. The zero-order valence-electron chi connectivity index (χ0n) is 21.3. The molecule has 0 unspecified atom stereocenters. The Morgan fingerprint density at radius 1 is 0.816 bits per heavy atom. The lowest BCUT2D eigenvalue weighted by molar-refractivity contribution is -0.137. The van der Waals surface area contributed by atoms with Crippen LogP contribution in [0, 0.1) is 6.92 Å². The first-order valence-corrected chi connectivity index (χ1v) is 13.1. The van der Waals surface area contributed by atoms with Gasteiger partial charge in [0.1, 0.15) is 5.75 Å². The van der Waals surface area contributed by atoms with Gasteiger partial charge in [-0.15, -0.1) is 0 Å². The molecule has 0 aliphatic rings. The van der Waals surface area contributed by atoms with Crippen LogP contribution in [0.3, 0.4) is 0 Å². The van der Waals surface area contributed by atoms with Crippen molar-refractivity contribution >= 4 is 11.6 Å². The van der Waals surface area contributed by atoms with Crippen LogP contribution >= 0.6 is 11.6 Å². The van der Waals surface area contributed by atoms with E-state index in [1.807, 2.05) is 67.6 Å². The van der Waals surface area contributed by atoms with E-state index in [0.717, 1.165) is 28.5 Å². The van der Waals surface area contributed by atoms with Crippen LogP contribution < -0.4 is 4.74 Å². The van der Waals surface area contributed by atoms with E-state index >= 15 is 0 Å². The van der Waals surface area contributed by atoms with Gasteiger partial charge >= 0.3 is 6.18 Å². The van der Waals surface area contributed by atoms with Crippen LogP contribution in [0.1, 0.15) is 40.2 Å². The maximum atomic E-state index is 13.5. The number of alkyl halides is 3. The molecule has 0 aromatic heterocycles. The molecule has 0 fully saturated rings. The van der Waals surface area contributed by atoms with E-state index in [0.29, 0.717) is 38.2 Å². The van der Waals surface area contributed by atoms with Crippen molar-refractivity contribution in [2.45, 2.75) is 32.0 Å². The number of rotatable bonds is 11. The number of halogens is 4. The molecule has 2 nitrogen and oxygen atoms in total. The summed E-state index contributed by atoms with van der Waals surface area (Å²) in [5, 5.41) is -0.239. The fourth-order valence-corrected chi connectivity index (χ4v) is 4.90. The van der Waals surface area contributed by atoms with Gasteiger partial charge in [-0.2, -0.15) is 13.2 Å². The topological polar surface area (TPSA) is 12.5 Å². The van der Waals surface area contributed by atoms with E-state index in [-0.39, 0.29) is 10.9 Å². The zero-order valence-corrected chi connectivity index (χ0v) is 22.1. The quantitative estimate of drug-likeness (QED) is 0.177. The minimum atomic E-state index is -4.50. The van der Waals surface area contributed by atoms with Crippen molar-refractivity contribution in [3.05, 3.63) is 136 Å². The molecule has 0 saturated heterocycles. The monoisotopic (exact) mass is 537 g/mol. The van der Waals surface area contributed by atoms with Crippen LogP contribution in [0.4, 0.5) is 13.2 Å². The average Bonchev–Trinajstić information content (AvgIpc) is 2.91. The molecule has 4 aromatic rings. The Hall–Kier alpha value is -3.28. The molecule has 0 aliphatic carbocycles. The Morgan fingerprint density at radius 2 is 1.45 bits per heavy atom. The lowest BCUT2D eigenvalue weighted by Gasteiger charge is -2.29. The van der Waals surface area contributed by atoms with Gasteiger partial charge in [0.25, 0.3) is 0 Å². The van der Waals surface area contributed by atoms with E-state index in [4.69, 9.17) is 16.3 Å². The van der Waals surface area contributed by atoms with E-state index in [2.05, 4.69) is 29.2 Å². The summed E-state index contributed by atoms with van der Waals surface area (Å²) in [7, 11) is 0. The molecular weight excluding hydrogens is 507 g/mol. The predicted molar refractivity (Wildman–Crippen MR) is 148 cm³/mol. The first-order chi connectivity index (χ1) is 18.3. The molecule has 6 heteroatoms. The number of aryl methyl sites for hydroxylation is 1. The third-order valence-corrected chi connectivity index (χ3v) is 6.95. The van der Waals surface area contributed by atoms with Crippen LogP contribution in [0.25, 0.3) is 0 Å². The van der Waals surface area contributed by atoms with Gasteiger partial charge in [-0.1, -0.05) is 96.5 Å². The standard InChI is InChI=1S/C32H31ClF3NO/c1-24-11-8-17-28(21-24)38-20-10-19-37(22-27-16-9-18-30(31(27)33)32(34,35)36)23-29(25-12-4-2-5-13-25)26-14-6-3-7-15-26/h2-9,11-18,21,29H,10,19-20,22-23H2,1H3. The second kappa shape index (κ2) is 13.0. The number of hydrogen-bond acceptors (Lipinski definition) is 2. The van der Waals surface area contributed by atoms with Gasteiger partial charge in [-0.25, -0.2) is 0 Å². The number of ether oxygens (including phenoxy) is 1. The van der Waals surface area contributed by atoms with Crippen LogP contribution in [0.5, 0.6) is 5.75 Å². The number of nitrogens with zero attached hydrogens (tertiary/aromatic N) is 1. The molecule has 0 aliphatic heterocycles. The van der Waals surface area contributed by atoms with E-state index in [1.54, 1.807) is 6.07 Å². The molecule has 198 valence electrons. The van der Waals surface area contributed by atoms with Crippen molar-refractivity contribution < 1.29 is 17.9 Å². The predicted octanol–water partition coefficient (Wildman–Crippen LogP) is 8.77. The Bertz CT molecular complexity index is 1260. The van der Waals surface area contributed by atoms with E-state index < -0.39 is 11.7 Å². The number of benzene rings is 4. The molecule has 0 heterocycles. The Kier molecular flexibility index (Phi) is 9.48. The summed E-state index contributed by atoms with van der Waals surface area (Å²) in [5.41, 5.74) is 3.07. The van der Waals surface area contributed by atoms with Gasteiger partial charge in [0.15, 0.2) is 0 Å². The first-order valence-electron chi connectivity index (χ1n) is 12.7. The highest BCUT2D eigenvalue weighted by molar-refractivity contribution is 6.32. The van der Waals surface area contributed by atoms with Crippen LogP contribution in [-0.2, 0) is 12.7 Å². The minimum absolute atomic E-state index is 0.0414. The Labute approximate surface area is 227 Å². The summed E-state index contributed by atoms with van der Waals surface area (Å²) < 4.78 is 46.6. The largest absolute Gasteiger partial charge is 0.494 e. The van der Waals surface area contributed by atoms with Crippen LogP contribution in [-0.4, -0.2) is 24.6 Å². The van der Waals surface area contributed by atoms with Gasteiger partial charge in [0.05, 0.1) is 17.2 Å². The normalized spacial score (nSPS) is 11.8. The van der Waals surface area contributed by atoms with Crippen LogP contribution in [0.2, 0.25) is 5.02 Å². The zero-order chi connectivity index (χ0) is 27.0. The summed E-state index contributed by atoms with van der Waals surface area (Å²) >= 11 is 6.29. The summed E-state index contributed by atoms with van der Waals surface area (Å²) in [4.78, 5) is 2.17. The minimum Gasteiger partial charge on any atom is -0.494 e. The van der Waals surface area contributed by atoms with Crippen molar-refractivity contribution in [1.29, 1.82) is 0 Å². The van der Waals surface area contributed by atoms with Gasteiger partial charge in [-0.3, -0.25) is 4.90 Å². The second-order valence-electron chi connectivity index (χ2n) is 9.40. The van der Waals surface area contributed by atoms with E-state index in [1.165, 1.54) is 6.07 Å². The molecule has 4 aromatic carbocycles. The SMILES string of the molecule is Cc1cccc(OCCCN(Cc2cccc(C(F)(F)F)c2Cl)CC(c2ccccc2)c2ccccc2)c1. The lowest BCUT2D eigenvalue weighted by Crippen LogP contribution is -2.31. The van der Waals surface area contributed by atoms with Crippen LogP contribution in [0.15, 0.2) is 103 Å². The van der Waals surface area contributed by atoms with Crippen molar-refractivity contribution in [2.24, 2.45) is 0 Å². The third kappa shape index (κ3) is 7.62. The van der Waals surface area contributed by atoms with Gasteiger partial charge in [0, 0.05) is 25.6 Å². The fourth-order valence-electron chi connectivity index (χ4n) is 4.61. The lowest BCUT2D eigenvalue weighted by atomic mass is 9.90. The molecule has 0 spiro atoms. The molecule has 0 N–H and O–H groups in total. The third-order valence-electron chi connectivity index (χ3n) is 6.50. The molecule has 38 heavy (non-hydrogen) atoms. The molecule has 0 atom stereocenters. The molecule has 0 amide bonds.